The number of pyridine rings is 1. The molecule has 132 valence electrons. The Kier molecular flexibility index (Phi) is 4.60. The number of rotatable bonds is 5. The van der Waals surface area contributed by atoms with E-state index in [-0.39, 0.29) is 5.56 Å². The highest BCUT2D eigenvalue weighted by atomic mass is 32.2. The van der Waals surface area contributed by atoms with Gasteiger partial charge in [0.1, 0.15) is 11.5 Å². The fourth-order valence-corrected chi connectivity index (χ4v) is 4.19. The van der Waals surface area contributed by atoms with E-state index in [1.165, 1.54) is 16.6 Å². The molecular formula is C18H17N5OS2. The molecule has 0 saturated heterocycles. The van der Waals surface area contributed by atoms with E-state index >= 15 is 0 Å². The topological polar surface area (TPSA) is 65.1 Å². The van der Waals surface area contributed by atoms with Crippen LogP contribution in [0.5, 0.6) is 0 Å². The van der Waals surface area contributed by atoms with E-state index in [2.05, 4.69) is 26.6 Å². The molecule has 4 aromatic heterocycles. The van der Waals surface area contributed by atoms with Crippen molar-refractivity contribution in [1.29, 1.82) is 0 Å². The summed E-state index contributed by atoms with van der Waals surface area (Å²) in [5.74, 6) is 1.50. The molecule has 0 spiro atoms. The van der Waals surface area contributed by atoms with Gasteiger partial charge < -0.3 is 4.57 Å². The third-order valence-corrected chi connectivity index (χ3v) is 5.98. The second kappa shape index (κ2) is 7.05. The van der Waals surface area contributed by atoms with E-state index in [9.17, 15) is 4.79 Å². The lowest BCUT2D eigenvalue weighted by atomic mass is 10.3. The van der Waals surface area contributed by atoms with Crippen LogP contribution < -0.4 is 5.56 Å². The quantitative estimate of drug-likeness (QED) is 0.496. The molecule has 8 heteroatoms. The van der Waals surface area contributed by atoms with Gasteiger partial charge >= 0.3 is 0 Å². The molecule has 4 aromatic rings. The molecule has 0 N–H and O–H groups in total. The molecular weight excluding hydrogens is 366 g/mol. The molecule has 0 saturated carbocycles. The first-order chi connectivity index (χ1) is 12.6. The van der Waals surface area contributed by atoms with E-state index in [1.54, 1.807) is 28.0 Å². The lowest BCUT2D eigenvalue weighted by Gasteiger charge is -2.05. The van der Waals surface area contributed by atoms with Gasteiger partial charge in [0.2, 0.25) is 0 Å². The Labute approximate surface area is 158 Å². The Bertz CT molecular complexity index is 1110. The maximum atomic E-state index is 12.3. The first-order valence-corrected chi connectivity index (χ1v) is 9.99. The average Bonchev–Trinajstić information content (AvgIpc) is 3.25. The summed E-state index contributed by atoms with van der Waals surface area (Å²) in [7, 11) is 1.97. The smallest absolute Gasteiger partial charge is 0.258 e. The highest BCUT2D eigenvalue weighted by Crippen LogP contribution is 2.22. The zero-order valence-electron chi connectivity index (χ0n) is 14.4. The zero-order valence-corrected chi connectivity index (χ0v) is 16.0. The van der Waals surface area contributed by atoms with Crippen LogP contribution in [0, 0.1) is 6.92 Å². The fraction of sp³-hybridized carbons (Fsp3) is 0.222. The van der Waals surface area contributed by atoms with Crippen LogP contribution >= 0.6 is 23.1 Å². The van der Waals surface area contributed by atoms with Gasteiger partial charge in [0.15, 0.2) is 5.16 Å². The van der Waals surface area contributed by atoms with Gasteiger partial charge in [-0.25, -0.2) is 4.98 Å². The van der Waals surface area contributed by atoms with Crippen molar-refractivity contribution in [2.45, 2.75) is 24.3 Å². The molecule has 0 amide bonds. The summed E-state index contributed by atoms with van der Waals surface area (Å²) in [5.41, 5.74) is 2.37. The van der Waals surface area contributed by atoms with Crippen LogP contribution in [0.4, 0.5) is 0 Å². The van der Waals surface area contributed by atoms with Crippen molar-refractivity contribution in [1.82, 2.24) is 24.1 Å². The monoisotopic (exact) mass is 383 g/mol. The van der Waals surface area contributed by atoms with Crippen LogP contribution in [0.3, 0.4) is 0 Å². The molecule has 4 heterocycles. The third kappa shape index (κ3) is 3.42. The number of hydrogen-bond donors (Lipinski definition) is 0. The lowest BCUT2D eigenvalue weighted by Crippen LogP contribution is -2.15. The molecule has 0 aliphatic carbocycles. The van der Waals surface area contributed by atoms with Gasteiger partial charge in [-0.15, -0.1) is 21.5 Å². The standard InChI is InChI=1S/C18H17N5OS2/c1-12-5-6-15-19-13(8-17(24)23(15)10-12)11-26-18-21-20-16(22(18)2)9-14-4-3-7-25-14/h3-8,10H,9,11H2,1-2H3. The predicted molar refractivity (Wildman–Crippen MR) is 104 cm³/mol. The van der Waals surface area contributed by atoms with Gasteiger partial charge in [-0.2, -0.15) is 0 Å². The number of thioether (sulfide) groups is 1. The van der Waals surface area contributed by atoms with Crippen LogP contribution in [0.2, 0.25) is 0 Å². The summed E-state index contributed by atoms with van der Waals surface area (Å²) < 4.78 is 3.58. The van der Waals surface area contributed by atoms with Crippen molar-refractivity contribution in [2.24, 2.45) is 7.05 Å². The minimum absolute atomic E-state index is 0.0642. The average molecular weight is 384 g/mol. The summed E-state index contributed by atoms with van der Waals surface area (Å²) in [6.45, 7) is 1.96. The van der Waals surface area contributed by atoms with E-state index < -0.39 is 0 Å². The molecule has 0 aliphatic rings. The molecule has 6 nitrogen and oxygen atoms in total. The van der Waals surface area contributed by atoms with Crippen LogP contribution in [-0.2, 0) is 19.2 Å². The Morgan fingerprint density at radius 3 is 2.92 bits per heavy atom. The van der Waals surface area contributed by atoms with Crippen LogP contribution in [0.25, 0.3) is 5.65 Å². The second-order valence-electron chi connectivity index (χ2n) is 6.02. The normalized spacial score (nSPS) is 11.3. The van der Waals surface area contributed by atoms with Crippen molar-refractivity contribution in [3.8, 4) is 0 Å². The first-order valence-electron chi connectivity index (χ1n) is 8.12. The minimum Gasteiger partial charge on any atom is -0.309 e. The lowest BCUT2D eigenvalue weighted by molar-refractivity contribution is 0.750. The van der Waals surface area contributed by atoms with Crippen LogP contribution in [0.15, 0.2) is 51.9 Å². The Hall–Kier alpha value is -2.45. The molecule has 0 aromatic carbocycles. The molecule has 4 rings (SSSR count). The number of thiophene rings is 1. The number of aryl methyl sites for hydroxylation is 1. The van der Waals surface area contributed by atoms with E-state index in [0.717, 1.165) is 28.7 Å². The largest absolute Gasteiger partial charge is 0.309 e. The maximum Gasteiger partial charge on any atom is 0.258 e. The van der Waals surface area contributed by atoms with Gasteiger partial charge in [-0.05, 0) is 30.0 Å². The van der Waals surface area contributed by atoms with Crippen molar-refractivity contribution < 1.29 is 0 Å². The SMILES string of the molecule is Cc1ccc2nc(CSc3nnc(Cc4cccs4)n3C)cc(=O)n2c1. The molecule has 0 aliphatic heterocycles. The third-order valence-electron chi connectivity index (χ3n) is 4.05. The van der Waals surface area contributed by atoms with Gasteiger partial charge in [0.25, 0.3) is 5.56 Å². The van der Waals surface area contributed by atoms with E-state index in [1.807, 2.05) is 36.7 Å². The Morgan fingerprint density at radius 2 is 2.12 bits per heavy atom. The van der Waals surface area contributed by atoms with Crippen molar-refractivity contribution in [2.75, 3.05) is 0 Å². The first kappa shape index (κ1) is 17.0. The van der Waals surface area contributed by atoms with Crippen molar-refractivity contribution >= 4 is 28.7 Å². The number of hydrogen-bond acceptors (Lipinski definition) is 6. The summed E-state index contributed by atoms with van der Waals surface area (Å²) in [6.07, 6.45) is 2.58. The second-order valence-corrected chi connectivity index (χ2v) is 8.00. The molecule has 0 bridgehead atoms. The van der Waals surface area contributed by atoms with E-state index in [0.29, 0.717) is 11.4 Å². The van der Waals surface area contributed by atoms with Gasteiger partial charge in [0, 0.05) is 36.4 Å². The fourth-order valence-electron chi connectivity index (χ4n) is 2.66. The van der Waals surface area contributed by atoms with Gasteiger partial charge in [-0.3, -0.25) is 9.20 Å². The minimum atomic E-state index is -0.0642. The number of fused-ring (bicyclic) bond motifs is 1. The molecule has 0 atom stereocenters. The summed E-state index contributed by atoms with van der Waals surface area (Å²) in [5, 5.41) is 11.5. The molecule has 26 heavy (non-hydrogen) atoms. The predicted octanol–water partition coefficient (Wildman–Crippen LogP) is 3.08. The number of nitrogens with zero attached hydrogens (tertiary/aromatic N) is 5. The van der Waals surface area contributed by atoms with Crippen molar-refractivity contribution in [3.63, 3.8) is 0 Å². The van der Waals surface area contributed by atoms with Gasteiger partial charge in [0.05, 0.1) is 5.69 Å². The number of aromatic nitrogens is 5. The van der Waals surface area contributed by atoms with Crippen LogP contribution in [0.1, 0.15) is 22.0 Å². The summed E-state index contributed by atoms with van der Waals surface area (Å²) in [4.78, 5) is 18.1. The Balaban J connectivity index is 1.52. The van der Waals surface area contributed by atoms with E-state index in [4.69, 9.17) is 0 Å². The van der Waals surface area contributed by atoms with Crippen molar-refractivity contribution in [3.05, 3.63) is 74.2 Å². The highest BCUT2D eigenvalue weighted by Gasteiger charge is 2.11. The van der Waals surface area contributed by atoms with Crippen LogP contribution in [-0.4, -0.2) is 24.1 Å². The van der Waals surface area contributed by atoms with Gasteiger partial charge in [-0.1, -0.05) is 23.9 Å². The Morgan fingerprint density at radius 1 is 1.23 bits per heavy atom. The molecule has 0 unspecified atom stereocenters. The molecule has 0 radical (unpaired) electrons. The maximum absolute atomic E-state index is 12.3. The molecule has 0 fully saturated rings. The summed E-state index contributed by atoms with van der Waals surface area (Å²) in [6, 6.07) is 9.55. The highest BCUT2D eigenvalue weighted by molar-refractivity contribution is 7.98. The zero-order chi connectivity index (χ0) is 18.1. The summed E-state index contributed by atoms with van der Waals surface area (Å²) >= 11 is 3.25.